The van der Waals surface area contributed by atoms with Gasteiger partial charge >= 0.3 is 12.1 Å². The second-order valence-corrected chi connectivity index (χ2v) is 16.5. The molecule has 20 heteroatoms. The molecule has 5 heterocycles. The SMILES string of the molecule is BC(B)(c1ccccc1OCc1ccnn1CC(F)(F)F)[C@H](Oc1ncnc2sc(-c3ccc(F)o3)c(-c3ccc(OCCN4CCN(C)CC4)c(Cl)c3C)c12)C(=O)OCC. The van der Waals surface area contributed by atoms with Crippen LogP contribution in [0.4, 0.5) is 17.6 Å². The van der Waals surface area contributed by atoms with Gasteiger partial charge < -0.3 is 28.3 Å². The Morgan fingerprint density at radius 1 is 1.02 bits per heavy atom. The lowest BCUT2D eigenvalue weighted by molar-refractivity contribution is -0.152. The average molecular weight is 881 g/mol. The number of ether oxygens (including phenoxy) is 4. The third-order valence-corrected chi connectivity index (χ3v) is 12.2. The van der Waals surface area contributed by atoms with Gasteiger partial charge in [0.05, 0.1) is 27.6 Å². The van der Waals surface area contributed by atoms with Gasteiger partial charge in [0.15, 0.2) is 6.10 Å². The molecule has 0 N–H and O–H groups in total. The first-order chi connectivity index (χ1) is 29.1. The first-order valence-corrected chi connectivity index (χ1v) is 20.8. The molecule has 4 aromatic heterocycles. The molecule has 0 spiro atoms. The summed E-state index contributed by atoms with van der Waals surface area (Å²) >= 11 is 8.25. The van der Waals surface area contributed by atoms with Crippen LogP contribution in [-0.2, 0) is 27.9 Å². The van der Waals surface area contributed by atoms with E-state index < -0.39 is 36.0 Å². The van der Waals surface area contributed by atoms with Crippen LogP contribution in [0.25, 0.3) is 32.0 Å². The van der Waals surface area contributed by atoms with Gasteiger partial charge in [0.2, 0.25) is 5.88 Å². The third-order valence-electron chi connectivity index (χ3n) is 10.6. The summed E-state index contributed by atoms with van der Waals surface area (Å²) in [6.07, 6.45) is -3.27. The van der Waals surface area contributed by atoms with Crippen LogP contribution < -0.4 is 14.2 Å². The summed E-state index contributed by atoms with van der Waals surface area (Å²) in [5.74, 6) is 0.351. The van der Waals surface area contributed by atoms with Crippen LogP contribution in [0.5, 0.6) is 17.4 Å². The lowest BCUT2D eigenvalue weighted by Gasteiger charge is -2.34. The Kier molecular flexibility index (Phi) is 13.3. The van der Waals surface area contributed by atoms with E-state index in [1.54, 1.807) is 52.9 Å². The van der Waals surface area contributed by atoms with Crippen molar-refractivity contribution in [1.29, 1.82) is 0 Å². The third kappa shape index (κ3) is 9.85. The predicted molar refractivity (Wildman–Crippen MR) is 229 cm³/mol. The number of para-hydroxylation sites is 1. The van der Waals surface area contributed by atoms with Gasteiger partial charge in [-0.25, -0.2) is 14.8 Å². The smallest absolute Gasteiger partial charge is 0.408 e. The van der Waals surface area contributed by atoms with Crippen molar-refractivity contribution < 1.29 is 45.7 Å². The minimum atomic E-state index is -4.48. The largest absolute Gasteiger partial charge is 0.491 e. The molecule has 1 aliphatic rings. The molecular formula is C41H43B2ClF4N6O6S. The Labute approximate surface area is 360 Å². The van der Waals surface area contributed by atoms with Crippen LogP contribution in [0.2, 0.25) is 5.02 Å². The zero-order valence-corrected chi connectivity index (χ0v) is 35.8. The number of carbonyl (C=O) groups excluding carboxylic acids is 1. The number of fused-ring (bicyclic) bond motifs is 1. The number of halogens is 5. The molecular weight excluding hydrogens is 838 g/mol. The number of aromatic nitrogens is 4. The van der Waals surface area contributed by atoms with Crippen molar-refractivity contribution in [3.05, 3.63) is 95.0 Å². The topological polar surface area (TPSA) is 117 Å². The van der Waals surface area contributed by atoms with Crippen molar-refractivity contribution in [1.82, 2.24) is 29.5 Å². The number of nitrogens with zero attached hydrogens (tertiary/aromatic N) is 6. The maximum absolute atomic E-state index is 14.5. The molecule has 1 aliphatic heterocycles. The van der Waals surface area contributed by atoms with Crippen molar-refractivity contribution in [2.24, 2.45) is 0 Å². The number of rotatable bonds is 16. The molecule has 0 saturated carbocycles. The van der Waals surface area contributed by atoms with E-state index in [0.29, 0.717) is 60.5 Å². The van der Waals surface area contributed by atoms with Crippen LogP contribution >= 0.6 is 22.9 Å². The van der Waals surface area contributed by atoms with Gasteiger partial charge in [-0.15, -0.1) is 11.3 Å². The highest BCUT2D eigenvalue weighted by Gasteiger charge is 2.43. The fraction of sp³-hybridized carbons (Fsp3) is 0.366. The van der Waals surface area contributed by atoms with Crippen molar-refractivity contribution in [3.8, 4) is 39.1 Å². The maximum Gasteiger partial charge on any atom is 0.408 e. The van der Waals surface area contributed by atoms with E-state index in [1.165, 1.54) is 42.1 Å². The molecule has 12 nitrogen and oxygen atoms in total. The van der Waals surface area contributed by atoms with Gasteiger partial charge in [0.25, 0.3) is 6.01 Å². The Bertz CT molecular complexity index is 2490. The van der Waals surface area contributed by atoms with E-state index >= 15 is 0 Å². The minimum Gasteiger partial charge on any atom is -0.491 e. The van der Waals surface area contributed by atoms with Gasteiger partial charge in [0.1, 0.15) is 63.9 Å². The Morgan fingerprint density at radius 2 is 1.79 bits per heavy atom. The number of carbonyl (C=O) groups is 1. The van der Waals surface area contributed by atoms with E-state index in [9.17, 15) is 22.4 Å². The summed E-state index contributed by atoms with van der Waals surface area (Å²) in [5.41, 5.74) is 2.54. The zero-order valence-electron chi connectivity index (χ0n) is 34.2. The number of hydrogen-bond acceptors (Lipinski definition) is 12. The quantitative estimate of drug-likeness (QED) is 0.0637. The molecule has 61 heavy (non-hydrogen) atoms. The van der Waals surface area contributed by atoms with Gasteiger partial charge in [-0.1, -0.05) is 35.9 Å². The van der Waals surface area contributed by atoms with Crippen molar-refractivity contribution in [2.75, 3.05) is 53.0 Å². The normalized spacial score (nSPS) is 14.6. The molecule has 1 saturated heterocycles. The Hall–Kier alpha value is -5.10. The highest BCUT2D eigenvalue weighted by molar-refractivity contribution is 7.22. The summed E-state index contributed by atoms with van der Waals surface area (Å²) in [6, 6.07) is 13.9. The number of thiophene rings is 1. The molecule has 0 amide bonds. The summed E-state index contributed by atoms with van der Waals surface area (Å²) in [5, 5.41) is 3.39. The van der Waals surface area contributed by atoms with Gasteiger partial charge in [-0.05, 0) is 67.1 Å². The van der Waals surface area contributed by atoms with E-state index in [4.69, 9.17) is 35.0 Å². The molecule has 0 bridgehead atoms. The van der Waals surface area contributed by atoms with Crippen molar-refractivity contribution in [3.63, 3.8) is 0 Å². The van der Waals surface area contributed by atoms with E-state index in [0.717, 1.165) is 37.4 Å². The molecule has 6 aromatic rings. The van der Waals surface area contributed by atoms with E-state index in [-0.39, 0.29) is 30.5 Å². The molecule has 0 unspecified atom stereocenters. The molecule has 1 atom stereocenters. The summed E-state index contributed by atoms with van der Waals surface area (Å²) in [7, 11) is 5.64. The number of hydrogen-bond donors (Lipinski definition) is 0. The average Bonchev–Trinajstić information content (AvgIpc) is 3.96. The first-order valence-electron chi connectivity index (χ1n) is 19.6. The zero-order chi connectivity index (χ0) is 43.5. The summed E-state index contributed by atoms with van der Waals surface area (Å²) < 4.78 is 85.1. The minimum absolute atomic E-state index is 0.0260. The number of piperazine rings is 1. The van der Waals surface area contributed by atoms with Crippen LogP contribution in [0.1, 0.15) is 23.7 Å². The Balaban J connectivity index is 1.26. The van der Waals surface area contributed by atoms with Crippen molar-refractivity contribution >= 4 is 54.8 Å². The molecule has 320 valence electrons. The molecule has 7 rings (SSSR count). The van der Waals surface area contributed by atoms with Gasteiger partial charge in [-0.2, -0.15) is 22.7 Å². The van der Waals surface area contributed by atoms with Gasteiger partial charge in [-0.3, -0.25) is 9.58 Å². The summed E-state index contributed by atoms with van der Waals surface area (Å²) in [4.78, 5) is 28.7. The van der Waals surface area contributed by atoms with Gasteiger partial charge in [0, 0.05) is 50.6 Å². The van der Waals surface area contributed by atoms with E-state index in [2.05, 4.69) is 31.9 Å². The summed E-state index contributed by atoms with van der Waals surface area (Å²) in [6.45, 7) is 7.11. The monoisotopic (exact) mass is 880 g/mol. The highest BCUT2D eigenvalue weighted by Crippen LogP contribution is 2.50. The lowest BCUT2D eigenvalue weighted by Crippen LogP contribution is -2.50. The first kappa shape index (κ1) is 44.0. The lowest BCUT2D eigenvalue weighted by atomic mass is 9.48. The number of likely N-dealkylation sites (N-methyl/N-ethyl adjacent to an activating group) is 1. The second kappa shape index (κ2) is 18.5. The predicted octanol–water partition coefficient (Wildman–Crippen LogP) is 6.11. The highest BCUT2D eigenvalue weighted by atomic mass is 35.5. The number of benzene rings is 2. The number of alkyl halides is 3. The molecule has 0 aliphatic carbocycles. The fourth-order valence-corrected chi connectivity index (χ4v) is 8.62. The standard InChI is InChI=1S/C41H43B2ClF4N6O6S/c1-4-56-39(55)36(41(42,43)27-7-5-6-8-28(27)58-21-25-13-14-51-54(25)22-40(46,47)48)60-37-33-32(35(30-11-12-31(45)59-30)61-38(33)50-23-49-37)26-9-10-29(34(44)24(26)2)57-20-19-53-17-15-52(3)16-18-53/h5-14,23,36H,4,15-22,42-43H2,1-3H3/t36-/m1/s1. The van der Waals surface area contributed by atoms with Crippen LogP contribution in [-0.4, -0.2) is 116 Å². The van der Waals surface area contributed by atoms with Crippen LogP contribution in [0.3, 0.4) is 0 Å². The van der Waals surface area contributed by atoms with Crippen LogP contribution in [0, 0.1) is 12.9 Å². The number of furan rings is 1. The Morgan fingerprint density at radius 3 is 2.51 bits per heavy atom. The second-order valence-electron chi connectivity index (χ2n) is 15.2. The molecule has 0 radical (unpaired) electrons. The number of esters is 1. The molecule has 1 fully saturated rings. The van der Waals surface area contributed by atoms with Crippen LogP contribution in [0.15, 0.2) is 71.5 Å². The maximum atomic E-state index is 14.5. The molecule has 2 aromatic carbocycles. The van der Waals surface area contributed by atoms with E-state index in [1.807, 2.05) is 13.0 Å². The fourth-order valence-electron chi connectivity index (χ4n) is 7.29. The van der Waals surface area contributed by atoms with Crippen molar-refractivity contribution in [2.45, 2.75) is 44.5 Å².